The molecule has 0 aliphatic carbocycles. The third-order valence-corrected chi connectivity index (χ3v) is 3.61. The molecule has 19 heavy (non-hydrogen) atoms. The van der Waals surface area contributed by atoms with E-state index in [9.17, 15) is 10.1 Å². The van der Waals surface area contributed by atoms with Crippen LogP contribution in [0.5, 0.6) is 0 Å². The topological polar surface area (TPSA) is 72.8 Å². The van der Waals surface area contributed by atoms with Gasteiger partial charge in [0.15, 0.2) is 0 Å². The highest BCUT2D eigenvalue weighted by Crippen LogP contribution is 2.11. The Labute approximate surface area is 113 Å². The molecule has 98 valence electrons. The molecule has 0 N–H and O–H groups in total. The van der Waals surface area contributed by atoms with Gasteiger partial charge >= 0.3 is 0 Å². The monoisotopic (exact) mass is 276 g/mol. The van der Waals surface area contributed by atoms with Crippen LogP contribution in [0, 0.1) is 17.0 Å². The summed E-state index contributed by atoms with van der Waals surface area (Å²) in [5.41, 5.74) is 1.80. The van der Waals surface area contributed by atoms with Gasteiger partial charge in [0.1, 0.15) is 0 Å². The van der Waals surface area contributed by atoms with Gasteiger partial charge in [0.25, 0.3) is 5.69 Å². The Kier molecular flexibility index (Phi) is 3.86. The Balaban J connectivity index is 2.24. The van der Waals surface area contributed by atoms with E-state index in [1.807, 2.05) is 23.9 Å². The van der Waals surface area contributed by atoms with Gasteiger partial charge in [0, 0.05) is 35.8 Å². The minimum atomic E-state index is -0.433. The molecule has 1 aromatic carbocycles. The normalized spacial score (nSPS) is 12.2. The number of rotatable bonds is 3. The Bertz CT molecular complexity index is 700. The highest BCUT2D eigenvalue weighted by molar-refractivity contribution is 7.07. The molecule has 0 saturated carbocycles. The Morgan fingerprint density at radius 3 is 2.89 bits per heavy atom. The van der Waals surface area contributed by atoms with E-state index in [-0.39, 0.29) is 5.69 Å². The molecule has 1 aromatic heterocycles. The van der Waals surface area contributed by atoms with Crippen LogP contribution in [0.25, 0.3) is 0 Å². The van der Waals surface area contributed by atoms with Gasteiger partial charge in [-0.25, -0.2) is 0 Å². The second kappa shape index (κ2) is 5.57. The molecule has 1 heterocycles. The van der Waals surface area contributed by atoms with Gasteiger partial charge in [-0.15, -0.1) is 16.4 Å². The van der Waals surface area contributed by atoms with Crippen molar-refractivity contribution < 1.29 is 4.92 Å². The number of hydrogen-bond donors (Lipinski definition) is 0. The Morgan fingerprint density at radius 1 is 1.47 bits per heavy atom. The largest absolute Gasteiger partial charge is 0.323 e. The van der Waals surface area contributed by atoms with Gasteiger partial charge < -0.3 is 4.57 Å². The van der Waals surface area contributed by atoms with Crippen molar-refractivity contribution in [3.8, 4) is 0 Å². The van der Waals surface area contributed by atoms with Crippen LogP contribution in [0.1, 0.15) is 11.3 Å². The lowest BCUT2D eigenvalue weighted by Crippen LogP contribution is -2.10. The summed E-state index contributed by atoms with van der Waals surface area (Å²) in [7, 11) is 1.91. The fourth-order valence-corrected chi connectivity index (χ4v) is 2.23. The first-order chi connectivity index (χ1) is 9.08. The molecule has 0 fully saturated rings. The van der Waals surface area contributed by atoms with E-state index < -0.39 is 4.92 Å². The molecule has 0 atom stereocenters. The SMILES string of the molecule is Cc1cs/c(=N\N=C/c2cccc([N+](=O)[O-])c2)n1C. The summed E-state index contributed by atoms with van der Waals surface area (Å²) >= 11 is 1.49. The van der Waals surface area contributed by atoms with Crippen LogP contribution in [-0.2, 0) is 7.05 Å². The lowest BCUT2D eigenvalue weighted by Gasteiger charge is -1.93. The van der Waals surface area contributed by atoms with Crippen molar-refractivity contribution in [2.45, 2.75) is 6.92 Å². The maximum absolute atomic E-state index is 10.6. The lowest BCUT2D eigenvalue weighted by molar-refractivity contribution is -0.384. The fourth-order valence-electron chi connectivity index (χ4n) is 1.40. The number of thiazole rings is 1. The highest BCUT2D eigenvalue weighted by atomic mass is 32.1. The molecule has 0 spiro atoms. The molecule has 0 bridgehead atoms. The van der Waals surface area contributed by atoms with E-state index in [0.29, 0.717) is 5.56 Å². The first-order valence-corrected chi connectivity index (χ1v) is 6.38. The summed E-state index contributed by atoms with van der Waals surface area (Å²) in [6.07, 6.45) is 1.50. The maximum Gasteiger partial charge on any atom is 0.270 e. The summed E-state index contributed by atoms with van der Waals surface area (Å²) in [5, 5.41) is 20.7. The van der Waals surface area contributed by atoms with Crippen LogP contribution in [0.15, 0.2) is 39.8 Å². The molecule has 2 aromatic rings. The van der Waals surface area contributed by atoms with Crippen molar-refractivity contribution >= 4 is 23.2 Å². The summed E-state index contributed by atoms with van der Waals surface area (Å²) in [6.45, 7) is 1.99. The van der Waals surface area contributed by atoms with Gasteiger partial charge in [-0.2, -0.15) is 5.10 Å². The number of nitrogens with zero attached hydrogens (tertiary/aromatic N) is 4. The van der Waals surface area contributed by atoms with Gasteiger partial charge in [-0.1, -0.05) is 12.1 Å². The smallest absolute Gasteiger partial charge is 0.270 e. The van der Waals surface area contributed by atoms with Crippen LogP contribution in [-0.4, -0.2) is 15.7 Å². The van der Waals surface area contributed by atoms with Crippen molar-refractivity contribution in [3.63, 3.8) is 0 Å². The summed E-state index contributed by atoms with van der Waals surface area (Å²) in [6, 6.07) is 6.26. The zero-order valence-electron chi connectivity index (χ0n) is 10.5. The quantitative estimate of drug-likeness (QED) is 0.490. The van der Waals surface area contributed by atoms with Gasteiger partial charge in [-0.3, -0.25) is 10.1 Å². The molecule has 0 aliphatic rings. The fraction of sp³-hybridized carbons (Fsp3) is 0.167. The number of non-ortho nitro benzene ring substituents is 1. The average Bonchev–Trinajstić information content (AvgIpc) is 2.71. The predicted molar refractivity (Wildman–Crippen MR) is 74.3 cm³/mol. The second-order valence-electron chi connectivity index (χ2n) is 3.92. The maximum atomic E-state index is 10.6. The van der Waals surface area contributed by atoms with Gasteiger partial charge in [0.2, 0.25) is 4.80 Å². The minimum absolute atomic E-state index is 0.0430. The van der Waals surface area contributed by atoms with Crippen molar-refractivity contribution in [3.05, 3.63) is 55.8 Å². The third-order valence-electron chi connectivity index (χ3n) is 2.58. The minimum Gasteiger partial charge on any atom is -0.323 e. The van der Waals surface area contributed by atoms with E-state index in [1.54, 1.807) is 12.1 Å². The molecule has 6 nitrogen and oxygen atoms in total. The van der Waals surface area contributed by atoms with E-state index in [4.69, 9.17) is 0 Å². The number of benzene rings is 1. The van der Waals surface area contributed by atoms with E-state index in [1.165, 1.54) is 29.7 Å². The first kappa shape index (κ1) is 13.2. The average molecular weight is 276 g/mol. The van der Waals surface area contributed by atoms with Crippen molar-refractivity contribution in [2.24, 2.45) is 17.3 Å². The zero-order chi connectivity index (χ0) is 13.8. The van der Waals surface area contributed by atoms with Gasteiger partial charge in [-0.05, 0) is 6.92 Å². The number of aromatic nitrogens is 1. The van der Waals surface area contributed by atoms with Crippen molar-refractivity contribution in [1.29, 1.82) is 0 Å². The summed E-state index contributed by atoms with van der Waals surface area (Å²) in [5.74, 6) is 0. The standard InChI is InChI=1S/C12H12N4O2S/c1-9-8-19-12(15(9)2)14-13-7-10-4-3-5-11(6-10)16(17)18/h3-8H,1-2H3/b13-7-,14-12-. The van der Waals surface area contributed by atoms with E-state index in [0.717, 1.165) is 10.5 Å². The molecular weight excluding hydrogens is 264 g/mol. The first-order valence-electron chi connectivity index (χ1n) is 5.50. The lowest BCUT2D eigenvalue weighted by atomic mass is 10.2. The van der Waals surface area contributed by atoms with Crippen molar-refractivity contribution in [1.82, 2.24) is 4.57 Å². The third kappa shape index (κ3) is 3.14. The van der Waals surface area contributed by atoms with Crippen LogP contribution in [0.2, 0.25) is 0 Å². The Hall–Kier alpha value is -2.28. The number of nitro groups is 1. The molecule has 0 radical (unpaired) electrons. The van der Waals surface area contributed by atoms with Gasteiger partial charge in [0.05, 0.1) is 11.1 Å². The zero-order valence-corrected chi connectivity index (χ0v) is 11.3. The Morgan fingerprint density at radius 2 is 2.26 bits per heavy atom. The van der Waals surface area contributed by atoms with Crippen LogP contribution < -0.4 is 4.80 Å². The van der Waals surface area contributed by atoms with E-state index in [2.05, 4.69) is 10.2 Å². The van der Waals surface area contributed by atoms with Crippen LogP contribution in [0.4, 0.5) is 5.69 Å². The van der Waals surface area contributed by atoms with E-state index >= 15 is 0 Å². The number of aryl methyl sites for hydroxylation is 1. The van der Waals surface area contributed by atoms with Crippen molar-refractivity contribution in [2.75, 3.05) is 0 Å². The second-order valence-corrected chi connectivity index (χ2v) is 4.75. The van der Waals surface area contributed by atoms with Crippen LogP contribution >= 0.6 is 11.3 Å². The van der Waals surface area contributed by atoms with Crippen LogP contribution in [0.3, 0.4) is 0 Å². The molecule has 0 aliphatic heterocycles. The number of hydrogen-bond acceptors (Lipinski definition) is 5. The molecule has 0 amide bonds. The molecular formula is C12H12N4O2S. The molecule has 2 rings (SSSR count). The summed E-state index contributed by atoms with van der Waals surface area (Å²) < 4.78 is 1.93. The number of nitro benzene ring substituents is 1. The summed E-state index contributed by atoms with van der Waals surface area (Å²) in [4.78, 5) is 11.0. The molecule has 0 unspecified atom stereocenters. The highest BCUT2D eigenvalue weighted by Gasteiger charge is 2.03. The predicted octanol–water partition coefficient (Wildman–Crippen LogP) is 2.24. The molecule has 0 saturated heterocycles. The molecule has 7 heteroatoms.